The number of benzene rings is 1. The molecule has 1 aliphatic rings. The molecule has 1 aliphatic carbocycles. The van der Waals surface area contributed by atoms with Crippen LogP contribution in [0.2, 0.25) is 5.02 Å². The standard InChI is InChI=1S/C14H21ClN2O/c1-9-6-12(16)11(15)7-13(9)17-8-10-4-2-3-5-14(10)18/h6-7,10,14,17-18H,2-5,8,16H2,1H3. The van der Waals surface area contributed by atoms with E-state index in [0.717, 1.165) is 37.1 Å². The van der Waals surface area contributed by atoms with Crippen molar-refractivity contribution >= 4 is 23.0 Å². The van der Waals surface area contributed by atoms with Gasteiger partial charge in [0.05, 0.1) is 16.8 Å². The van der Waals surface area contributed by atoms with Crippen molar-refractivity contribution in [3.8, 4) is 0 Å². The molecule has 2 rings (SSSR count). The number of aryl methyl sites for hydroxylation is 1. The van der Waals surface area contributed by atoms with Crippen LogP contribution in [0.4, 0.5) is 11.4 Å². The molecule has 0 aliphatic heterocycles. The van der Waals surface area contributed by atoms with E-state index in [0.29, 0.717) is 16.6 Å². The van der Waals surface area contributed by atoms with Gasteiger partial charge in [0, 0.05) is 18.2 Å². The quantitative estimate of drug-likeness (QED) is 0.738. The lowest BCUT2D eigenvalue weighted by atomic mass is 9.86. The molecular weight excluding hydrogens is 248 g/mol. The Morgan fingerprint density at radius 2 is 2.11 bits per heavy atom. The van der Waals surface area contributed by atoms with Crippen molar-refractivity contribution in [1.29, 1.82) is 0 Å². The first-order valence-electron chi connectivity index (χ1n) is 6.55. The van der Waals surface area contributed by atoms with Crippen LogP contribution in [0.3, 0.4) is 0 Å². The molecule has 0 saturated heterocycles. The van der Waals surface area contributed by atoms with Crippen molar-refractivity contribution < 1.29 is 5.11 Å². The molecule has 2 unspecified atom stereocenters. The molecule has 3 nitrogen and oxygen atoms in total. The molecule has 0 heterocycles. The van der Waals surface area contributed by atoms with E-state index in [4.69, 9.17) is 17.3 Å². The number of anilines is 2. The van der Waals surface area contributed by atoms with Gasteiger partial charge in [0.1, 0.15) is 0 Å². The summed E-state index contributed by atoms with van der Waals surface area (Å²) in [6.45, 7) is 2.80. The summed E-state index contributed by atoms with van der Waals surface area (Å²) in [6, 6.07) is 3.74. The van der Waals surface area contributed by atoms with Crippen molar-refractivity contribution in [1.82, 2.24) is 0 Å². The van der Waals surface area contributed by atoms with Crippen molar-refractivity contribution in [2.75, 3.05) is 17.6 Å². The molecular formula is C14H21ClN2O. The largest absolute Gasteiger partial charge is 0.398 e. The number of rotatable bonds is 3. The average molecular weight is 269 g/mol. The van der Waals surface area contributed by atoms with Crippen LogP contribution in [-0.2, 0) is 0 Å². The maximum atomic E-state index is 9.93. The molecule has 0 amide bonds. The third kappa shape index (κ3) is 3.09. The third-order valence-electron chi connectivity index (χ3n) is 3.77. The number of aliphatic hydroxyl groups excluding tert-OH is 1. The smallest absolute Gasteiger partial charge is 0.0656 e. The molecule has 0 bridgehead atoms. The molecule has 1 saturated carbocycles. The Kier molecular flexibility index (Phi) is 4.36. The molecule has 1 aromatic rings. The van der Waals surface area contributed by atoms with Crippen LogP contribution in [0.1, 0.15) is 31.2 Å². The molecule has 0 radical (unpaired) electrons. The van der Waals surface area contributed by atoms with Gasteiger partial charge < -0.3 is 16.2 Å². The minimum Gasteiger partial charge on any atom is -0.398 e. The predicted molar refractivity (Wildman–Crippen MR) is 77.1 cm³/mol. The van der Waals surface area contributed by atoms with Gasteiger partial charge in [-0.2, -0.15) is 0 Å². The lowest BCUT2D eigenvalue weighted by molar-refractivity contribution is 0.0763. The summed E-state index contributed by atoms with van der Waals surface area (Å²) in [5, 5.41) is 13.9. The van der Waals surface area contributed by atoms with Crippen LogP contribution in [0.5, 0.6) is 0 Å². The van der Waals surface area contributed by atoms with Crippen LogP contribution in [0, 0.1) is 12.8 Å². The van der Waals surface area contributed by atoms with Crippen molar-refractivity contribution in [2.45, 2.75) is 38.7 Å². The van der Waals surface area contributed by atoms with Gasteiger partial charge in [0.15, 0.2) is 0 Å². The van der Waals surface area contributed by atoms with Crippen molar-refractivity contribution in [3.63, 3.8) is 0 Å². The Hall–Kier alpha value is -0.930. The van der Waals surface area contributed by atoms with E-state index in [1.165, 1.54) is 6.42 Å². The van der Waals surface area contributed by atoms with Crippen molar-refractivity contribution in [3.05, 3.63) is 22.7 Å². The lowest BCUT2D eigenvalue weighted by Gasteiger charge is -2.28. The highest BCUT2D eigenvalue weighted by atomic mass is 35.5. The summed E-state index contributed by atoms with van der Waals surface area (Å²) in [7, 11) is 0. The Bertz CT molecular complexity index is 423. The minimum atomic E-state index is -0.171. The maximum absolute atomic E-state index is 9.93. The van der Waals surface area contributed by atoms with E-state index >= 15 is 0 Å². The summed E-state index contributed by atoms with van der Waals surface area (Å²) in [5.41, 5.74) is 8.45. The van der Waals surface area contributed by atoms with E-state index in [1.807, 2.05) is 19.1 Å². The average Bonchev–Trinajstić information content (AvgIpc) is 2.34. The number of halogens is 1. The Balaban J connectivity index is 1.99. The zero-order valence-electron chi connectivity index (χ0n) is 10.7. The Labute approximate surface area is 113 Å². The van der Waals surface area contributed by atoms with Gasteiger partial charge in [-0.05, 0) is 37.5 Å². The van der Waals surface area contributed by atoms with Gasteiger partial charge in [-0.1, -0.05) is 24.4 Å². The zero-order chi connectivity index (χ0) is 13.1. The summed E-state index contributed by atoms with van der Waals surface area (Å²) in [6.07, 6.45) is 4.20. The first kappa shape index (κ1) is 13.5. The van der Waals surface area contributed by atoms with Crippen LogP contribution < -0.4 is 11.1 Å². The van der Waals surface area contributed by atoms with E-state index in [9.17, 15) is 5.11 Å². The zero-order valence-corrected chi connectivity index (χ0v) is 11.5. The normalized spacial score (nSPS) is 23.9. The first-order chi connectivity index (χ1) is 8.58. The summed E-state index contributed by atoms with van der Waals surface area (Å²) >= 11 is 6.02. The highest BCUT2D eigenvalue weighted by Crippen LogP contribution is 2.28. The van der Waals surface area contributed by atoms with E-state index in [2.05, 4.69) is 5.32 Å². The van der Waals surface area contributed by atoms with Gasteiger partial charge in [-0.15, -0.1) is 0 Å². The highest BCUT2D eigenvalue weighted by Gasteiger charge is 2.22. The van der Waals surface area contributed by atoms with E-state index < -0.39 is 0 Å². The highest BCUT2D eigenvalue weighted by molar-refractivity contribution is 6.33. The fourth-order valence-electron chi connectivity index (χ4n) is 2.56. The summed E-state index contributed by atoms with van der Waals surface area (Å²) in [5.74, 6) is 0.342. The molecule has 0 spiro atoms. The minimum absolute atomic E-state index is 0.171. The third-order valence-corrected chi connectivity index (χ3v) is 4.09. The van der Waals surface area contributed by atoms with Gasteiger partial charge in [-0.25, -0.2) is 0 Å². The van der Waals surface area contributed by atoms with Crippen LogP contribution >= 0.6 is 11.6 Å². The number of hydrogen-bond donors (Lipinski definition) is 3. The Morgan fingerprint density at radius 1 is 1.39 bits per heavy atom. The van der Waals surface area contributed by atoms with Gasteiger partial charge >= 0.3 is 0 Å². The van der Waals surface area contributed by atoms with Crippen molar-refractivity contribution in [2.24, 2.45) is 5.92 Å². The van der Waals surface area contributed by atoms with Gasteiger partial charge in [0.25, 0.3) is 0 Å². The molecule has 18 heavy (non-hydrogen) atoms. The molecule has 4 N–H and O–H groups in total. The predicted octanol–water partition coefficient (Wildman–Crippen LogP) is 3.19. The Morgan fingerprint density at radius 3 is 2.83 bits per heavy atom. The number of nitrogens with one attached hydrogen (secondary N) is 1. The fraction of sp³-hybridized carbons (Fsp3) is 0.571. The monoisotopic (exact) mass is 268 g/mol. The van der Waals surface area contributed by atoms with Crippen LogP contribution in [0.25, 0.3) is 0 Å². The number of aliphatic hydroxyl groups is 1. The van der Waals surface area contributed by atoms with Gasteiger partial charge in [0.2, 0.25) is 0 Å². The molecule has 1 aromatic carbocycles. The van der Waals surface area contributed by atoms with E-state index in [-0.39, 0.29) is 6.10 Å². The molecule has 0 aromatic heterocycles. The van der Waals surface area contributed by atoms with Crippen LogP contribution in [-0.4, -0.2) is 17.8 Å². The maximum Gasteiger partial charge on any atom is 0.0656 e. The fourth-order valence-corrected chi connectivity index (χ4v) is 2.73. The van der Waals surface area contributed by atoms with Crippen LogP contribution in [0.15, 0.2) is 12.1 Å². The summed E-state index contributed by atoms with van der Waals surface area (Å²) < 4.78 is 0. The molecule has 4 heteroatoms. The first-order valence-corrected chi connectivity index (χ1v) is 6.93. The topological polar surface area (TPSA) is 58.3 Å². The van der Waals surface area contributed by atoms with E-state index in [1.54, 1.807) is 0 Å². The van der Waals surface area contributed by atoms with Gasteiger partial charge in [-0.3, -0.25) is 0 Å². The molecule has 2 atom stereocenters. The molecule has 100 valence electrons. The number of nitrogens with two attached hydrogens (primary N) is 1. The molecule has 1 fully saturated rings. The second-order valence-corrected chi connectivity index (χ2v) is 5.59. The lowest BCUT2D eigenvalue weighted by Crippen LogP contribution is -2.30. The second-order valence-electron chi connectivity index (χ2n) is 5.18. The summed E-state index contributed by atoms with van der Waals surface area (Å²) in [4.78, 5) is 0. The number of hydrogen-bond acceptors (Lipinski definition) is 3. The number of nitrogen functional groups attached to an aromatic ring is 1. The SMILES string of the molecule is Cc1cc(N)c(Cl)cc1NCC1CCCCC1O. The second kappa shape index (κ2) is 5.81.